The molecule has 1 aromatic rings. The van der Waals surface area contributed by atoms with E-state index in [1.807, 2.05) is 19.1 Å². The zero-order valence-corrected chi connectivity index (χ0v) is 13.5. The van der Waals surface area contributed by atoms with E-state index < -0.39 is 17.8 Å². The summed E-state index contributed by atoms with van der Waals surface area (Å²) in [4.78, 5) is 38.1. The van der Waals surface area contributed by atoms with Crippen molar-refractivity contribution in [1.29, 1.82) is 0 Å². The number of carbonyl (C=O) groups is 3. The Morgan fingerprint density at radius 2 is 1.91 bits per heavy atom. The minimum Gasteiger partial charge on any atom is -0.463 e. The highest BCUT2D eigenvalue weighted by atomic mass is 16.5. The second-order valence-corrected chi connectivity index (χ2v) is 5.48. The number of nitrogens with zero attached hydrogens (tertiary/aromatic N) is 1. The molecular weight excluding hydrogens is 296 g/mol. The predicted octanol–water partition coefficient (Wildman–Crippen LogP) is 1.67. The fraction of sp³-hybridized carbons (Fsp3) is 0.353. The van der Waals surface area contributed by atoms with E-state index in [0.29, 0.717) is 5.69 Å². The molecule has 1 heterocycles. The molecule has 6 heteroatoms. The fourth-order valence-corrected chi connectivity index (χ4v) is 2.61. The molecule has 6 nitrogen and oxygen atoms in total. The lowest BCUT2D eigenvalue weighted by atomic mass is 9.95. The molecule has 0 radical (unpaired) electrons. The van der Waals surface area contributed by atoms with Crippen LogP contribution in [0.1, 0.15) is 25.8 Å². The molecule has 1 unspecified atom stereocenters. The zero-order chi connectivity index (χ0) is 17.1. The molecule has 0 aromatic heterocycles. The van der Waals surface area contributed by atoms with Gasteiger partial charge in [0, 0.05) is 12.1 Å². The van der Waals surface area contributed by atoms with E-state index in [1.54, 1.807) is 19.1 Å². The van der Waals surface area contributed by atoms with E-state index in [2.05, 4.69) is 0 Å². The van der Waals surface area contributed by atoms with Gasteiger partial charge < -0.3 is 10.5 Å². The fourth-order valence-electron chi connectivity index (χ4n) is 2.61. The Morgan fingerprint density at radius 3 is 2.43 bits per heavy atom. The van der Waals surface area contributed by atoms with Gasteiger partial charge in [-0.25, -0.2) is 4.79 Å². The first-order valence-corrected chi connectivity index (χ1v) is 7.43. The summed E-state index contributed by atoms with van der Waals surface area (Å²) in [6.45, 7) is 5.28. The summed E-state index contributed by atoms with van der Waals surface area (Å²) in [7, 11) is 0. The second-order valence-electron chi connectivity index (χ2n) is 5.48. The largest absolute Gasteiger partial charge is 0.463 e. The van der Waals surface area contributed by atoms with Gasteiger partial charge in [-0.05, 0) is 32.9 Å². The number of nitrogens with two attached hydrogens (primary N) is 1. The van der Waals surface area contributed by atoms with Gasteiger partial charge in [-0.3, -0.25) is 14.5 Å². The number of carbonyl (C=O) groups excluding carboxylic acids is 3. The van der Waals surface area contributed by atoms with Gasteiger partial charge in [0.05, 0.1) is 23.8 Å². The van der Waals surface area contributed by atoms with E-state index in [4.69, 9.17) is 10.5 Å². The maximum Gasteiger partial charge on any atom is 0.336 e. The van der Waals surface area contributed by atoms with Gasteiger partial charge in [-0.15, -0.1) is 0 Å². The van der Waals surface area contributed by atoms with Gasteiger partial charge in [-0.1, -0.05) is 17.7 Å². The van der Waals surface area contributed by atoms with E-state index in [1.165, 1.54) is 6.92 Å². The monoisotopic (exact) mass is 316 g/mol. The average molecular weight is 316 g/mol. The molecule has 23 heavy (non-hydrogen) atoms. The molecular formula is C17H20N2O4. The first kappa shape index (κ1) is 16.7. The Bertz CT molecular complexity index is 672. The van der Waals surface area contributed by atoms with Crippen LogP contribution in [0.25, 0.3) is 0 Å². The average Bonchev–Trinajstić information content (AvgIpc) is 2.75. The minimum absolute atomic E-state index is 0.0693. The van der Waals surface area contributed by atoms with Crippen LogP contribution < -0.4 is 10.6 Å². The number of imide groups is 1. The molecule has 2 amide bonds. The molecule has 1 aliphatic rings. The number of esters is 1. The molecule has 2 N–H and O–H groups in total. The van der Waals surface area contributed by atoms with Crippen LogP contribution in [0.5, 0.6) is 0 Å². The van der Waals surface area contributed by atoms with Crippen LogP contribution >= 0.6 is 0 Å². The predicted molar refractivity (Wildman–Crippen MR) is 85.3 cm³/mol. The standard InChI is InChI=1S/C17H20N2O4/c1-4-23-17(22)15(11(3)18)13-9-14(20)19(16(13)21)12-7-5-10(2)6-8-12/h5-8,13H,4,9,18H2,1-3H3/b15-11-. The van der Waals surface area contributed by atoms with Crippen LogP contribution in [-0.4, -0.2) is 24.4 Å². The van der Waals surface area contributed by atoms with Gasteiger partial charge in [-0.2, -0.15) is 0 Å². The third-order valence-corrected chi connectivity index (χ3v) is 3.71. The molecule has 1 saturated heterocycles. The third kappa shape index (κ3) is 3.26. The van der Waals surface area contributed by atoms with Crippen molar-refractivity contribution in [3.63, 3.8) is 0 Å². The summed E-state index contributed by atoms with van der Waals surface area (Å²) in [5, 5.41) is 0. The van der Waals surface area contributed by atoms with Crippen LogP contribution in [0.2, 0.25) is 0 Å². The highest BCUT2D eigenvalue weighted by Gasteiger charge is 2.44. The van der Waals surface area contributed by atoms with Crippen molar-refractivity contribution in [3.8, 4) is 0 Å². The number of allylic oxidation sites excluding steroid dienone is 1. The van der Waals surface area contributed by atoms with Gasteiger partial charge in [0.25, 0.3) is 0 Å². The smallest absolute Gasteiger partial charge is 0.336 e. The molecule has 0 saturated carbocycles. The molecule has 0 spiro atoms. The second kappa shape index (κ2) is 6.64. The van der Waals surface area contributed by atoms with Crippen molar-refractivity contribution < 1.29 is 19.1 Å². The highest BCUT2D eigenvalue weighted by Crippen LogP contribution is 2.32. The molecule has 1 aliphatic heterocycles. The Morgan fingerprint density at radius 1 is 1.30 bits per heavy atom. The summed E-state index contributed by atoms with van der Waals surface area (Å²) in [5.41, 5.74) is 7.53. The molecule has 2 rings (SSSR count). The number of rotatable bonds is 4. The lowest BCUT2D eigenvalue weighted by Gasteiger charge is -2.17. The SMILES string of the molecule is CCOC(=O)/C(=C(/C)N)C1CC(=O)N(c2ccc(C)cc2)C1=O. The van der Waals surface area contributed by atoms with Crippen molar-refractivity contribution in [2.24, 2.45) is 11.7 Å². The maximum atomic E-state index is 12.7. The number of hydrogen-bond acceptors (Lipinski definition) is 5. The van der Waals surface area contributed by atoms with Crippen molar-refractivity contribution in [1.82, 2.24) is 0 Å². The molecule has 1 aromatic carbocycles. The Balaban J connectivity index is 2.35. The number of anilines is 1. The third-order valence-electron chi connectivity index (χ3n) is 3.71. The van der Waals surface area contributed by atoms with Gasteiger partial charge in [0.1, 0.15) is 0 Å². The topological polar surface area (TPSA) is 89.7 Å². The van der Waals surface area contributed by atoms with Gasteiger partial charge in [0.2, 0.25) is 11.8 Å². The first-order chi connectivity index (χ1) is 10.9. The number of hydrogen-bond donors (Lipinski definition) is 1. The van der Waals surface area contributed by atoms with Gasteiger partial charge in [0.15, 0.2) is 0 Å². The van der Waals surface area contributed by atoms with Crippen LogP contribution in [-0.2, 0) is 19.1 Å². The summed E-state index contributed by atoms with van der Waals surface area (Å²) in [5.74, 6) is -2.35. The quantitative estimate of drug-likeness (QED) is 0.518. The van der Waals surface area contributed by atoms with E-state index in [-0.39, 0.29) is 30.2 Å². The summed E-state index contributed by atoms with van der Waals surface area (Å²) in [6, 6.07) is 7.05. The van der Waals surface area contributed by atoms with E-state index in [0.717, 1.165) is 10.5 Å². The number of amides is 2. The van der Waals surface area contributed by atoms with E-state index >= 15 is 0 Å². The molecule has 0 bridgehead atoms. The summed E-state index contributed by atoms with van der Waals surface area (Å²) >= 11 is 0. The maximum absolute atomic E-state index is 12.7. The first-order valence-electron chi connectivity index (χ1n) is 7.43. The molecule has 1 fully saturated rings. The van der Waals surface area contributed by atoms with Crippen LogP contribution in [0.4, 0.5) is 5.69 Å². The van der Waals surface area contributed by atoms with E-state index in [9.17, 15) is 14.4 Å². The summed E-state index contributed by atoms with van der Waals surface area (Å²) in [6.07, 6.45) is -0.0879. The van der Waals surface area contributed by atoms with Crippen molar-refractivity contribution in [2.45, 2.75) is 27.2 Å². The number of aryl methyl sites for hydroxylation is 1. The number of benzene rings is 1. The molecule has 0 aliphatic carbocycles. The van der Waals surface area contributed by atoms with Crippen molar-refractivity contribution in [3.05, 3.63) is 41.1 Å². The molecule has 122 valence electrons. The lowest BCUT2D eigenvalue weighted by Crippen LogP contribution is -2.32. The van der Waals surface area contributed by atoms with Crippen LogP contribution in [0, 0.1) is 12.8 Å². The lowest BCUT2D eigenvalue weighted by molar-refractivity contribution is -0.140. The van der Waals surface area contributed by atoms with Gasteiger partial charge >= 0.3 is 5.97 Å². The number of ether oxygens (including phenoxy) is 1. The Labute approximate surface area is 134 Å². The Kier molecular flexibility index (Phi) is 4.83. The minimum atomic E-state index is -0.896. The molecule has 1 atom stereocenters. The summed E-state index contributed by atoms with van der Waals surface area (Å²) < 4.78 is 4.96. The normalized spacial score (nSPS) is 18.9. The highest BCUT2D eigenvalue weighted by molar-refractivity contribution is 6.23. The zero-order valence-electron chi connectivity index (χ0n) is 13.5. The van der Waals surface area contributed by atoms with Crippen LogP contribution in [0.15, 0.2) is 35.5 Å². The Hall–Kier alpha value is -2.63. The van der Waals surface area contributed by atoms with Crippen LogP contribution in [0.3, 0.4) is 0 Å². The van der Waals surface area contributed by atoms with Crippen molar-refractivity contribution in [2.75, 3.05) is 11.5 Å². The van der Waals surface area contributed by atoms with Crippen molar-refractivity contribution >= 4 is 23.5 Å².